The van der Waals surface area contributed by atoms with Gasteiger partial charge in [-0.2, -0.15) is 0 Å². The molecular formula is C14H16O4. The number of hydrogen-bond donors (Lipinski definition) is 1. The van der Waals surface area contributed by atoms with E-state index < -0.39 is 6.10 Å². The maximum atomic E-state index is 11.7. The molecule has 96 valence electrons. The maximum Gasteiger partial charge on any atom is 0.163 e. The molecule has 0 spiro atoms. The number of aliphatic hydroxyl groups excluding tert-OH is 1. The van der Waals surface area contributed by atoms with Crippen molar-refractivity contribution >= 4 is 5.78 Å². The first-order valence-corrected chi connectivity index (χ1v) is 6.32. The fraction of sp³-hybridized carbons (Fsp3) is 0.500. The van der Waals surface area contributed by atoms with Gasteiger partial charge in [0, 0.05) is 12.0 Å². The minimum atomic E-state index is -0.567. The molecule has 2 aliphatic rings. The largest absolute Gasteiger partial charge is 0.485 e. The monoisotopic (exact) mass is 248 g/mol. The van der Waals surface area contributed by atoms with Gasteiger partial charge >= 0.3 is 0 Å². The summed E-state index contributed by atoms with van der Waals surface area (Å²) in [6, 6.07) is 5.54. The number of carbonyl (C=O) groups is 1. The van der Waals surface area contributed by atoms with Gasteiger partial charge in [0.2, 0.25) is 0 Å². The highest BCUT2D eigenvalue weighted by atomic mass is 16.6. The number of benzene rings is 1. The Morgan fingerprint density at radius 1 is 1.28 bits per heavy atom. The van der Waals surface area contributed by atoms with Gasteiger partial charge in [0.1, 0.15) is 18.0 Å². The number of fused-ring (bicyclic) bond motifs is 1. The summed E-state index contributed by atoms with van der Waals surface area (Å²) in [6.45, 7) is 0.741. The number of aliphatic hydroxyl groups is 1. The molecule has 0 aromatic heterocycles. The first kappa shape index (κ1) is 11.7. The van der Waals surface area contributed by atoms with Crippen LogP contribution in [0.25, 0.3) is 0 Å². The summed E-state index contributed by atoms with van der Waals surface area (Å²) >= 11 is 0. The summed E-state index contributed by atoms with van der Waals surface area (Å²) < 4.78 is 10.8. The van der Waals surface area contributed by atoms with Crippen molar-refractivity contribution in [1.29, 1.82) is 0 Å². The Hall–Kier alpha value is -1.39. The molecule has 1 saturated heterocycles. The van der Waals surface area contributed by atoms with E-state index in [0.717, 1.165) is 24.0 Å². The fourth-order valence-corrected chi connectivity index (χ4v) is 2.51. The van der Waals surface area contributed by atoms with Gasteiger partial charge in [-0.3, -0.25) is 4.79 Å². The van der Waals surface area contributed by atoms with Gasteiger partial charge < -0.3 is 14.6 Å². The lowest BCUT2D eigenvalue weighted by molar-refractivity contribution is 0.0732. The summed E-state index contributed by atoms with van der Waals surface area (Å²) in [7, 11) is 0. The summed E-state index contributed by atoms with van der Waals surface area (Å²) in [5.74, 6) is 0.921. The molecule has 0 amide bonds. The molecule has 0 bridgehead atoms. The lowest BCUT2D eigenvalue weighted by atomic mass is 9.90. The molecule has 1 aromatic rings. The predicted molar refractivity (Wildman–Crippen MR) is 65.0 cm³/mol. The normalized spacial score (nSPS) is 27.1. The van der Waals surface area contributed by atoms with Crippen molar-refractivity contribution in [3.63, 3.8) is 0 Å². The number of carbonyl (C=O) groups excluding carboxylic acids is 1. The average Bonchev–Trinajstić information content (AvgIpc) is 2.75. The molecule has 1 N–H and O–H groups in total. The third-order valence-electron chi connectivity index (χ3n) is 3.51. The van der Waals surface area contributed by atoms with Gasteiger partial charge in [0.15, 0.2) is 5.78 Å². The zero-order valence-electron chi connectivity index (χ0n) is 10.1. The highest BCUT2D eigenvalue weighted by molar-refractivity contribution is 5.98. The van der Waals surface area contributed by atoms with Crippen molar-refractivity contribution in [1.82, 2.24) is 0 Å². The zero-order valence-corrected chi connectivity index (χ0v) is 10.1. The Balaban J connectivity index is 1.79. The van der Waals surface area contributed by atoms with Gasteiger partial charge in [-0.25, -0.2) is 0 Å². The number of hydrogen-bond acceptors (Lipinski definition) is 4. The summed E-state index contributed by atoms with van der Waals surface area (Å²) in [6.07, 6.45) is 1.60. The highest BCUT2D eigenvalue weighted by Gasteiger charge is 2.28. The Labute approximate surface area is 106 Å². The third-order valence-corrected chi connectivity index (χ3v) is 3.51. The van der Waals surface area contributed by atoms with E-state index >= 15 is 0 Å². The van der Waals surface area contributed by atoms with Crippen LogP contribution in [0.4, 0.5) is 0 Å². The van der Waals surface area contributed by atoms with E-state index in [1.165, 1.54) is 0 Å². The molecule has 4 heteroatoms. The van der Waals surface area contributed by atoms with Crippen LogP contribution in [-0.2, 0) is 11.2 Å². The Bertz CT molecular complexity index is 469. The minimum Gasteiger partial charge on any atom is -0.485 e. The number of ether oxygens (including phenoxy) is 2. The van der Waals surface area contributed by atoms with Crippen LogP contribution < -0.4 is 4.74 Å². The standard InChI is InChI=1S/C14H16O4/c15-12-3-1-2-9-6-10(4-5-11(9)12)18-14-8-17-7-13(14)16/h4-6,13-14,16H,1-3,7-8H2. The van der Waals surface area contributed by atoms with Crippen LogP contribution in [0.15, 0.2) is 18.2 Å². The topological polar surface area (TPSA) is 55.8 Å². The van der Waals surface area contributed by atoms with Gasteiger partial charge in [-0.1, -0.05) is 0 Å². The molecule has 2 unspecified atom stereocenters. The SMILES string of the molecule is O=C1CCCc2cc(OC3COCC3O)ccc21. The highest BCUT2D eigenvalue weighted by Crippen LogP contribution is 2.26. The molecular weight excluding hydrogens is 232 g/mol. The van der Waals surface area contributed by atoms with Crippen LogP contribution in [0, 0.1) is 0 Å². The van der Waals surface area contributed by atoms with Gasteiger partial charge in [-0.05, 0) is 36.6 Å². The fourth-order valence-electron chi connectivity index (χ4n) is 2.51. The van der Waals surface area contributed by atoms with Crippen LogP contribution in [0.2, 0.25) is 0 Å². The molecule has 2 atom stereocenters. The van der Waals surface area contributed by atoms with E-state index in [2.05, 4.69) is 0 Å². The van der Waals surface area contributed by atoms with Crippen molar-refractivity contribution in [2.75, 3.05) is 13.2 Å². The molecule has 1 aliphatic heterocycles. The molecule has 0 radical (unpaired) electrons. The van der Waals surface area contributed by atoms with Crippen molar-refractivity contribution < 1.29 is 19.4 Å². The summed E-state index contributed by atoms with van der Waals surface area (Å²) in [5.41, 5.74) is 1.87. The molecule has 1 fully saturated rings. The second kappa shape index (κ2) is 4.71. The van der Waals surface area contributed by atoms with Crippen molar-refractivity contribution in [2.24, 2.45) is 0 Å². The Kier molecular flexibility index (Phi) is 3.06. The first-order valence-electron chi connectivity index (χ1n) is 6.32. The molecule has 1 aromatic carbocycles. The van der Waals surface area contributed by atoms with Gasteiger partial charge in [0.25, 0.3) is 0 Å². The second-order valence-corrected chi connectivity index (χ2v) is 4.86. The van der Waals surface area contributed by atoms with Crippen molar-refractivity contribution in [2.45, 2.75) is 31.5 Å². The molecule has 4 nitrogen and oxygen atoms in total. The van der Waals surface area contributed by atoms with Gasteiger partial charge in [0.05, 0.1) is 13.2 Å². The number of rotatable bonds is 2. The summed E-state index contributed by atoms with van der Waals surface area (Å²) in [4.78, 5) is 11.7. The average molecular weight is 248 g/mol. The Morgan fingerprint density at radius 3 is 2.94 bits per heavy atom. The smallest absolute Gasteiger partial charge is 0.163 e. The van der Waals surface area contributed by atoms with E-state index in [1.54, 1.807) is 6.07 Å². The Morgan fingerprint density at radius 2 is 2.17 bits per heavy atom. The third kappa shape index (κ3) is 2.13. The van der Waals surface area contributed by atoms with Crippen LogP contribution in [0.1, 0.15) is 28.8 Å². The lowest BCUT2D eigenvalue weighted by Gasteiger charge is -2.19. The van der Waals surface area contributed by atoms with E-state index in [9.17, 15) is 9.90 Å². The molecule has 18 heavy (non-hydrogen) atoms. The van der Waals surface area contributed by atoms with E-state index in [0.29, 0.717) is 25.4 Å². The van der Waals surface area contributed by atoms with Crippen molar-refractivity contribution in [3.8, 4) is 5.75 Å². The quantitative estimate of drug-likeness (QED) is 0.858. The van der Waals surface area contributed by atoms with Crippen molar-refractivity contribution in [3.05, 3.63) is 29.3 Å². The van der Waals surface area contributed by atoms with Crippen LogP contribution >= 0.6 is 0 Å². The van der Waals surface area contributed by atoms with Gasteiger partial charge in [-0.15, -0.1) is 0 Å². The molecule has 3 rings (SSSR count). The van der Waals surface area contributed by atoms with E-state index in [1.807, 2.05) is 12.1 Å². The van der Waals surface area contributed by atoms with E-state index in [4.69, 9.17) is 9.47 Å². The molecule has 1 aliphatic carbocycles. The number of aryl methyl sites for hydroxylation is 1. The van der Waals surface area contributed by atoms with Crippen LogP contribution in [0.3, 0.4) is 0 Å². The van der Waals surface area contributed by atoms with Crippen LogP contribution in [0.5, 0.6) is 5.75 Å². The van der Waals surface area contributed by atoms with E-state index in [-0.39, 0.29) is 11.9 Å². The second-order valence-electron chi connectivity index (χ2n) is 4.86. The lowest BCUT2D eigenvalue weighted by Crippen LogP contribution is -2.29. The zero-order chi connectivity index (χ0) is 12.5. The molecule has 0 saturated carbocycles. The summed E-state index contributed by atoms with van der Waals surface area (Å²) in [5, 5.41) is 9.63. The number of ketones is 1. The number of Topliss-reactive ketones (excluding diaryl/α,β-unsaturated/α-hetero) is 1. The first-order chi connectivity index (χ1) is 8.74. The minimum absolute atomic E-state index is 0.215. The predicted octanol–water partition coefficient (Wildman–Crippen LogP) is 1.34. The van der Waals surface area contributed by atoms with Crippen LogP contribution in [-0.4, -0.2) is 36.3 Å². The maximum absolute atomic E-state index is 11.7. The molecule has 1 heterocycles.